The maximum absolute atomic E-state index is 12.3. The maximum atomic E-state index is 12.3. The van der Waals surface area contributed by atoms with Crippen LogP contribution in [0.5, 0.6) is 11.5 Å². The second-order valence-electron chi connectivity index (χ2n) is 5.21. The molecular weight excluding hydrogens is 418 g/mol. The van der Waals surface area contributed by atoms with E-state index >= 15 is 0 Å². The Balaban J connectivity index is 1.67. The largest absolute Gasteiger partial charge is 0.486 e. The van der Waals surface area contributed by atoms with Crippen molar-refractivity contribution in [1.29, 1.82) is 0 Å². The molecule has 0 fully saturated rings. The molecule has 1 aliphatic rings. The summed E-state index contributed by atoms with van der Waals surface area (Å²) in [7, 11) is -3.55. The summed E-state index contributed by atoms with van der Waals surface area (Å²) in [6.07, 6.45) is 0.490. The van der Waals surface area contributed by atoms with Gasteiger partial charge in [-0.1, -0.05) is 33.6 Å². The lowest BCUT2D eigenvalue weighted by molar-refractivity contribution is 0.171. The fourth-order valence-electron chi connectivity index (χ4n) is 2.36. The van der Waals surface area contributed by atoms with E-state index in [1.165, 1.54) is 0 Å². The summed E-state index contributed by atoms with van der Waals surface area (Å²) < 4.78 is 38.8. The zero-order chi connectivity index (χ0) is 17.2. The molecule has 1 heterocycles. The molecule has 0 aromatic heterocycles. The highest BCUT2D eigenvalue weighted by Gasteiger charge is 2.17. The van der Waals surface area contributed by atoms with Crippen LogP contribution in [0, 0.1) is 0 Å². The minimum absolute atomic E-state index is 0.220. The van der Waals surface area contributed by atoms with Crippen LogP contribution in [0.15, 0.2) is 45.8 Å². The van der Waals surface area contributed by atoms with Crippen LogP contribution in [0.2, 0.25) is 5.02 Å². The van der Waals surface area contributed by atoms with Gasteiger partial charge in [0.15, 0.2) is 11.5 Å². The van der Waals surface area contributed by atoms with Crippen molar-refractivity contribution in [3.8, 4) is 11.5 Å². The second-order valence-corrected chi connectivity index (χ2v) is 8.30. The maximum Gasteiger partial charge on any atom is 0.240 e. The molecule has 0 saturated carbocycles. The van der Waals surface area contributed by atoms with Crippen molar-refractivity contribution >= 4 is 37.6 Å². The third-order valence-corrected chi connectivity index (χ3v) is 5.70. The van der Waals surface area contributed by atoms with Crippen molar-refractivity contribution < 1.29 is 17.9 Å². The number of sulfonamides is 1. The van der Waals surface area contributed by atoms with Crippen LogP contribution < -0.4 is 14.2 Å². The first-order valence-corrected chi connectivity index (χ1v) is 9.94. The Kier molecular flexibility index (Phi) is 5.34. The van der Waals surface area contributed by atoms with Gasteiger partial charge < -0.3 is 9.47 Å². The van der Waals surface area contributed by atoms with Gasteiger partial charge in [0, 0.05) is 11.0 Å². The fraction of sp³-hybridized carbons (Fsp3) is 0.250. The Bertz CT molecular complexity index is 857. The van der Waals surface area contributed by atoms with Gasteiger partial charge in [-0.3, -0.25) is 0 Å². The molecule has 2 aromatic carbocycles. The van der Waals surface area contributed by atoms with Crippen molar-refractivity contribution in [2.24, 2.45) is 0 Å². The lowest BCUT2D eigenvalue weighted by Crippen LogP contribution is -2.26. The highest BCUT2D eigenvalue weighted by Crippen LogP contribution is 2.38. The smallest absolute Gasteiger partial charge is 0.240 e. The molecule has 0 bridgehead atoms. The Morgan fingerprint density at radius 3 is 2.75 bits per heavy atom. The van der Waals surface area contributed by atoms with Gasteiger partial charge in [0.2, 0.25) is 10.0 Å². The van der Waals surface area contributed by atoms with Gasteiger partial charge in [-0.05, 0) is 42.3 Å². The zero-order valence-electron chi connectivity index (χ0n) is 12.6. The van der Waals surface area contributed by atoms with Gasteiger partial charge in [0.25, 0.3) is 0 Å². The summed E-state index contributed by atoms with van der Waals surface area (Å²) in [6.45, 7) is 1.20. The van der Waals surface area contributed by atoms with Crippen molar-refractivity contribution in [3.05, 3.63) is 51.5 Å². The molecule has 5 nitrogen and oxygen atoms in total. The molecule has 0 unspecified atom stereocenters. The molecule has 2 aromatic rings. The van der Waals surface area contributed by atoms with E-state index in [1.54, 1.807) is 30.3 Å². The van der Waals surface area contributed by atoms with Crippen LogP contribution in [0.1, 0.15) is 5.56 Å². The Morgan fingerprint density at radius 1 is 1.17 bits per heavy atom. The van der Waals surface area contributed by atoms with Gasteiger partial charge in [0.05, 0.1) is 9.92 Å². The topological polar surface area (TPSA) is 64.6 Å². The van der Waals surface area contributed by atoms with Crippen molar-refractivity contribution in [3.63, 3.8) is 0 Å². The van der Waals surface area contributed by atoms with Crippen LogP contribution in [-0.2, 0) is 16.4 Å². The van der Waals surface area contributed by atoms with E-state index in [0.717, 1.165) is 5.56 Å². The lowest BCUT2D eigenvalue weighted by atomic mass is 10.1. The predicted molar refractivity (Wildman–Crippen MR) is 95.5 cm³/mol. The van der Waals surface area contributed by atoms with Gasteiger partial charge in [-0.15, -0.1) is 0 Å². The number of hydrogen-bond acceptors (Lipinski definition) is 4. The summed E-state index contributed by atoms with van der Waals surface area (Å²) in [5.41, 5.74) is 0.876. The van der Waals surface area contributed by atoms with E-state index in [1.807, 2.05) is 6.07 Å². The summed E-state index contributed by atoms with van der Waals surface area (Å²) in [5.74, 6) is 1.14. The molecule has 3 rings (SSSR count). The first-order valence-electron chi connectivity index (χ1n) is 7.29. The molecule has 0 atom stereocenters. The standard InChI is InChI=1S/C16H15BrClNO4S/c17-12-2-1-3-13(10-12)24(20,21)19-5-4-11-8-14(18)16-15(9-11)22-6-7-23-16/h1-3,8-10,19H,4-7H2. The molecule has 8 heteroatoms. The number of rotatable bonds is 5. The fourth-order valence-corrected chi connectivity index (χ4v) is 4.27. The predicted octanol–water partition coefficient (Wildman–Crippen LogP) is 3.39. The van der Waals surface area contributed by atoms with E-state index in [2.05, 4.69) is 20.7 Å². The van der Waals surface area contributed by atoms with Gasteiger partial charge in [0.1, 0.15) is 13.2 Å². The SMILES string of the molecule is O=S(=O)(NCCc1cc(Cl)c2c(c1)OCCO2)c1cccc(Br)c1. The quantitative estimate of drug-likeness (QED) is 0.786. The summed E-state index contributed by atoms with van der Waals surface area (Å²) >= 11 is 9.45. The zero-order valence-corrected chi connectivity index (χ0v) is 15.7. The van der Waals surface area contributed by atoms with Crippen LogP contribution >= 0.6 is 27.5 Å². The molecule has 1 N–H and O–H groups in total. The molecule has 0 radical (unpaired) electrons. The minimum atomic E-state index is -3.55. The van der Waals surface area contributed by atoms with Gasteiger partial charge in [-0.2, -0.15) is 0 Å². The Labute approximate surface area is 154 Å². The number of fused-ring (bicyclic) bond motifs is 1. The average molecular weight is 433 g/mol. The summed E-state index contributed by atoms with van der Waals surface area (Å²) in [4.78, 5) is 0.220. The third kappa shape index (κ3) is 4.03. The molecule has 0 spiro atoms. The Hall–Kier alpha value is -1.28. The highest BCUT2D eigenvalue weighted by atomic mass is 79.9. The number of halogens is 2. The molecular formula is C16H15BrClNO4S. The average Bonchev–Trinajstić information content (AvgIpc) is 2.55. The van der Waals surface area contributed by atoms with Crippen LogP contribution in [-0.4, -0.2) is 28.2 Å². The lowest BCUT2D eigenvalue weighted by Gasteiger charge is -2.20. The summed E-state index contributed by atoms with van der Waals surface area (Å²) in [6, 6.07) is 10.2. The molecule has 0 saturated heterocycles. The molecule has 24 heavy (non-hydrogen) atoms. The second kappa shape index (κ2) is 7.31. The van der Waals surface area contributed by atoms with Gasteiger partial charge >= 0.3 is 0 Å². The van der Waals surface area contributed by atoms with Gasteiger partial charge in [-0.25, -0.2) is 13.1 Å². The number of benzene rings is 2. The number of nitrogens with one attached hydrogen (secondary N) is 1. The molecule has 0 aliphatic carbocycles. The van der Waals surface area contributed by atoms with Crippen LogP contribution in [0.4, 0.5) is 0 Å². The third-order valence-electron chi connectivity index (χ3n) is 3.47. The number of ether oxygens (including phenoxy) is 2. The number of hydrogen-bond donors (Lipinski definition) is 1. The van der Waals surface area contributed by atoms with Crippen molar-refractivity contribution in [1.82, 2.24) is 4.72 Å². The van der Waals surface area contributed by atoms with Crippen molar-refractivity contribution in [2.75, 3.05) is 19.8 Å². The van der Waals surface area contributed by atoms with E-state index in [-0.39, 0.29) is 11.4 Å². The first-order chi connectivity index (χ1) is 11.5. The Morgan fingerprint density at radius 2 is 1.96 bits per heavy atom. The first kappa shape index (κ1) is 17.5. The molecule has 1 aliphatic heterocycles. The minimum Gasteiger partial charge on any atom is -0.486 e. The molecule has 0 amide bonds. The van der Waals surface area contributed by atoms with E-state index in [0.29, 0.717) is 40.6 Å². The van der Waals surface area contributed by atoms with E-state index in [9.17, 15) is 8.42 Å². The van der Waals surface area contributed by atoms with Crippen molar-refractivity contribution in [2.45, 2.75) is 11.3 Å². The van der Waals surface area contributed by atoms with Crippen LogP contribution in [0.3, 0.4) is 0 Å². The highest BCUT2D eigenvalue weighted by molar-refractivity contribution is 9.10. The van der Waals surface area contributed by atoms with E-state index < -0.39 is 10.0 Å². The molecule has 128 valence electrons. The summed E-state index contributed by atoms with van der Waals surface area (Å²) in [5, 5.41) is 0.469. The van der Waals surface area contributed by atoms with Crippen LogP contribution in [0.25, 0.3) is 0 Å². The normalized spacial score (nSPS) is 13.8. The van der Waals surface area contributed by atoms with E-state index in [4.69, 9.17) is 21.1 Å². The monoisotopic (exact) mass is 431 g/mol.